The molecule has 138 valence electrons. The fourth-order valence-corrected chi connectivity index (χ4v) is 4.24. The lowest BCUT2D eigenvalue weighted by atomic mass is 9.94. The monoisotopic (exact) mass is 382 g/mol. The summed E-state index contributed by atoms with van der Waals surface area (Å²) in [7, 11) is 6.35. The first kappa shape index (κ1) is 20.2. The Hall–Kier alpha value is -1.11. The van der Waals surface area contributed by atoms with Crippen LogP contribution in [0.1, 0.15) is 35.6 Å². The Kier molecular flexibility index (Phi) is 6.51. The van der Waals surface area contributed by atoms with Gasteiger partial charge in [0, 0.05) is 22.9 Å². The van der Waals surface area contributed by atoms with E-state index in [0.29, 0.717) is 11.7 Å². The van der Waals surface area contributed by atoms with Gasteiger partial charge >= 0.3 is 0 Å². The van der Waals surface area contributed by atoms with Crippen molar-refractivity contribution in [2.45, 2.75) is 38.5 Å². The van der Waals surface area contributed by atoms with Gasteiger partial charge in [-0.3, -0.25) is 4.79 Å². The van der Waals surface area contributed by atoms with Crippen LogP contribution in [0.25, 0.3) is 0 Å². The first-order chi connectivity index (χ1) is 11.6. The number of thiocarbonyl (C=S) groups is 1. The summed E-state index contributed by atoms with van der Waals surface area (Å²) < 4.78 is 12.6. The number of quaternary nitrogens is 1. The molecule has 1 heterocycles. The summed E-state index contributed by atoms with van der Waals surface area (Å²) in [6.07, 6.45) is 1.98. The third-order valence-electron chi connectivity index (χ3n) is 4.27. The van der Waals surface area contributed by atoms with E-state index in [2.05, 4.69) is 28.1 Å². The lowest BCUT2D eigenvalue weighted by Gasteiger charge is -2.27. The maximum atomic E-state index is 11.8. The SMILES string of the molecule is CC(=O)Sc1c(C)c2c(c(C)c1C(=S)OCC[N+](C)(C)C)OCCC2. The van der Waals surface area contributed by atoms with Crippen molar-refractivity contribution in [2.24, 2.45) is 0 Å². The lowest BCUT2D eigenvalue weighted by molar-refractivity contribution is -0.870. The molecule has 0 unspecified atom stereocenters. The summed E-state index contributed by atoms with van der Waals surface area (Å²) >= 11 is 6.83. The van der Waals surface area contributed by atoms with Crippen LogP contribution in [-0.4, -0.2) is 55.6 Å². The quantitative estimate of drug-likeness (QED) is 0.441. The zero-order chi connectivity index (χ0) is 18.8. The third-order valence-corrected chi connectivity index (χ3v) is 5.60. The standard InChI is InChI=1S/C19H28NO3S2/c1-12-15-8-7-10-22-17(15)13(2)16(18(12)25-14(3)21)19(24)23-11-9-20(4,5)6/h7-11H2,1-6H3/q+1. The van der Waals surface area contributed by atoms with Crippen molar-refractivity contribution in [3.05, 3.63) is 22.3 Å². The van der Waals surface area contributed by atoms with Crippen LogP contribution >= 0.6 is 24.0 Å². The second kappa shape index (κ2) is 8.06. The number of hydrogen-bond acceptors (Lipinski definition) is 5. The summed E-state index contributed by atoms with van der Waals surface area (Å²) in [6, 6.07) is 0. The Morgan fingerprint density at radius 3 is 2.56 bits per heavy atom. The fraction of sp³-hybridized carbons (Fsp3) is 0.579. The minimum absolute atomic E-state index is 0.0505. The van der Waals surface area contributed by atoms with E-state index in [1.54, 1.807) is 6.92 Å². The molecule has 0 aromatic heterocycles. The van der Waals surface area contributed by atoms with Crippen LogP contribution in [0.3, 0.4) is 0 Å². The van der Waals surface area contributed by atoms with Gasteiger partial charge in [-0.05, 0) is 50.0 Å². The molecule has 0 saturated heterocycles. The molecule has 1 aromatic rings. The number of carbonyl (C=O) groups is 1. The molecular weight excluding hydrogens is 354 g/mol. The zero-order valence-corrected chi connectivity index (χ0v) is 17.7. The maximum absolute atomic E-state index is 11.8. The molecule has 0 saturated carbocycles. The summed E-state index contributed by atoms with van der Waals surface area (Å²) in [6.45, 7) is 7.77. The van der Waals surface area contributed by atoms with Crippen molar-refractivity contribution in [3.8, 4) is 5.75 Å². The molecule has 25 heavy (non-hydrogen) atoms. The molecule has 2 rings (SSSR count). The van der Waals surface area contributed by atoms with Crippen LogP contribution in [-0.2, 0) is 16.0 Å². The highest BCUT2D eigenvalue weighted by Gasteiger charge is 2.26. The number of carbonyl (C=O) groups excluding carboxylic acids is 1. The summed E-state index contributed by atoms with van der Waals surface area (Å²) in [5, 5.41) is 0.504. The molecule has 0 N–H and O–H groups in total. The number of fused-ring (bicyclic) bond motifs is 1. The third kappa shape index (κ3) is 4.96. The van der Waals surface area contributed by atoms with E-state index < -0.39 is 0 Å². The van der Waals surface area contributed by atoms with E-state index in [4.69, 9.17) is 21.7 Å². The van der Waals surface area contributed by atoms with Crippen molar-refractivity contribution in [1.82, 2.24) is 0 Å². The minimum atomic E-state index is 0.0505. The molecule has 1 aromatic carbocycles. The average molecular weight is 383 g/mol. The molecule has 0 amide bonds. The first-order valence-corrected chi connectivity index (χ1v) is 9.79. The highest BCUT2D eigenvalue weighted by atomic mass is 32.2. The van der Waals surface area contributed by atoms with E-state index in [0.717, 1.165) is 57.8 Å². The van der Waals surface area contributed by atoms with Crippen LogP contribution in [0.2, 0.25) is 0 Å². The van der Waals surface area contributed by atoms with Crippen molar-refractivity contribution >= 4 is 34.1 Å². The Morgan fingerprint density at radius 1 is 1.28 bits per heavy atom. The van der Waals surface area contributed by atoms with E-state index >= 15 is 0 Å². The zero-order valence-electron chi connectivity index (χ0n) is 16.0. The van der Waals surface area contributed by atoms with Gasteiger partial charge in [-0.25, -0.2) is 0 Å². The van der Waals surface area contributed by atoms with Crippen LogP contribution in [0.4, 0.5) is 0 Å². The molecule has 1 aliphatic rings. The van der Waals surface area contributed by atoms with Crippen LogP contribution < -0.4 is 4.74 Å². The summed E-state index contributed by atoms with van der Waals surface area (Å²) in [4.78, 5) is 12.7. The second-order valence-electron chi connectivity index (χ2n) is 7.46. The van der Waals surface area contributed by atoms with Gasteiger partial charge in [0.2, 0.25) is 0 Å². The number of benzene rings is 1. The van der Waals surface area contributed by atoms with Crippen LogP contribution in [0.15, 0.2) is 4.90 Å². The minimum Gasteiger partial charge on any atom is -0.493 e. The molecule has 0 radical (unpaired) electrons. The largest absolute Gasteiger partial charge is 0.493 e. The van der Waals surface area contributed by atoms with Gasteiger partial charge in [0.25, 0.3) is 0 Å². The van der Waals surface area contributed by atoms with E-state index in [-0.39, 0.29) is 5.12 Å². The second-order valence-corrected chi connectivity index (χ2v) is 9.02. The van der Waals surface area contributed by atoms with E-state index in [1.807, 2.05) is 6.92 Å². The van der Waals surface area contributed by atoms with E-state index in [9.17, 15) is 4.79 Å². The van der Waals surface area contributed by atoms with Crippen molar-refractivity contribution in [3.63, 3.8) is 0 Å². The predicted octanol–water partition coefficient (Wildman–Crippen LogP) is 3.67. The summed E-state index contributed by atoms with van der Waals surface area (Å²) in [5.74, 6) is 0.921. The van der Waals surface area contributed by atoms with E-state index in [1.165, 1.54) is 17.3 Å². The molecule has 0 spiro atoms. The van der Waals surface area contributed by atoms with Gasteiger partial charge < -0.3 is 14.0 Å². The molecule has 0 atom stereocenters. The van der Waals surface area contributed by atoms with Gasteiger partial charge in [-0.2, -0.15) is 0 Å². The molecule has 4 nitrogen and oxygen atoms in total. The lowest BCUT2D eigenvalue weighted by Crippen LogP contribution is -2.38. The Bertz CT molecular complexity index is 693. The molecule has 6 heteroatoms. The van der Waals surface area contributed by atoms with Crippen LogP contribution in [0, 0.1) is 13.8 Å². The highest BCUT2D eigenvalue weighted by molar-refractivity contribution is 8.13. The smallest absolute Gasteiger partial charge is 0.192 e. The van der Waals surface area contributed by atoms with Crippen LogP contribution in [0.5, 0.6) is 5.75 Å². The number of ether oxygens (including phenoxy) is 2. The van der Waals surface area contributed by atoms with Crippen molar-refractivity contribution in [1.29, 1.82) is 0 Å². The highest BCUT2D eigenvalue weighted by Crippen LogP contribution is 2.41. The Morgan fingerprint density at radius 2 is 1.96 bits per heavy atom. The van der Waals surface area contributed by atoms with Gasteiger partial charge in [0.15, 0.2) is 10.2 Å². The number of nitrogens with zero attached hydrogens (tertiary/aromatic N) is 1. The number of likely N-dealkylation sites (N-methyl/N-ethyl adjacent to an activating group) is 1. The number of thioether (sulfide) groups is 1. The molecule has 1 aliphatic heterocycles. The van der Waals surface area contributed by atoms with Gasteiger partial charge in [-0.1, -0.05) is 11.8 Å². The number of hydrogen-bond donors (Lipinski definition) is 0. The Labute approximate surface area is 160 Å². The maximum Gasteiger partial charge on any atom is 0.192 e. The average Bonchev–Trinajstić information content (AvgIpc) is 2.50. The van der Waals surface area contributed by atoms with Gasteiger partial charge in [0.05, 0.1) is 27.7 Å². The van der Waals surface area contributed by atoms with Gasteiger partial charge in [0.1, 0.15) is 18.9 Å². The predicted molar refractivity (Wildman–Crippen MR) is 107 cm³/mol. The molecule has 0 fully saturated rings. The van der Waals surface area contributed by atoms with Crippen molar-refractivity contribution in [2.75, 3.05) is 40.9 Å². The topological polar surface area (TPSA) is 35.5 Å². The first-order valence-electron chi connectivity index (χ1n) is 8.56. The Balaban J connectivity index is 2.42. The normalized spacial score (nSPS) is 13.8. The fourth-order valence-electron chi connectivity index (χ4n) is 2.93. The number of rotatable bonds is 5. The molecule has 0 aliphatic carbocycles. The van der Waals surface area contributed by atoms with Gasteiger partial charge in [-0.15, -0.1) is 0 Å². The molecular formula is C19H28NO3S2+. The summed E-state index contributed by atoms with van der Waals surface area (Å²) in [5.41, 5.74) is 4.12. The van der Waals surface area contributed by atoms with Crippen molar-refractivity contribution < 1.29 is 18.8 Å². The molecule has 0 bridgehead atoms.